The summed E-state index contributed by atoms with van der Waals surface area (Å²) in [5.74, 6) is 0.635. The van der Waals surface area contributed by atoms with Gasteiger partial charge in [-0.2, -0.15) is 0 Å². The van der Waals surface area contributed by atoms with E-state index in [1.165, 1.54) is 5.56 Å². The molecule has 2 rings (SSSR count). The first kappa shape index (κ1) is 15.0. The van der Waals surface area contributed by atoms with Crippen LogP contribution in [0.3, 0.4) is 0 Å². The molecule has 0 saturated carbocycles. The van der Waals surface area contributed by atoms with Crippen molar-refractivity contribution in [2.45, 2.75) is 51.0 Å². The molecule has 1 amide bonds. The molecule has 1 saturated heterocycles. The number of hydrogen-bond acceptors (Lipinski definition) is 2. The average Bonchev–Trinajstić information content (AvgIpc) is 2.99. The Kier molecular flexibility index (Phi) is 6.06. The van der Waals surface area contributed by atoms with Gasteiger partial charge in [0.15, 0.2) is 0 Å². The zero-order valence-electron chi connectivity index (χ0n) is 12.3. The van der Waals surface area contributed by atoms with Crippen molar-refractivity contribution in [2.24, 2.45) is 0 Å². The maximum Gasteiger partial charge on any atom is 0.220 e. The van der Waals surface area contributed by atoms with Gasteiger partial charge in [0, 0.05) is 19.6 Å². The quantitative estimate of drug-likeness (QED) is 0.829. The van der Waals surface area contributed by atoms with Gasteiger partial charge in [-0.15, -0.1) is 0 Å². The molecule has 1 N–H and O–H groups in total. The number of amides is 1. The molecule has 0 spiro atoms. The number of hydrogen-bond donors (Lipinski definition) is 1. The molecular weight excluding hydrogens is 250 g/mol. The first-order valence-corrected chi connectivity index (χ1v) is 7.69. The number of benzene rings is 1. The Morgan fingerprint density at radius 2 is 2.20 bits per heavy atom. The summed E-state index contributed by atoms with van der Waals surface area (Å²) < 4.78 is 5.52. The van der Waals surface area contributed by atoms with Crippen molar-refractivity contribution in [3.05, 3.63) is 35.9 Å². The summed E-state index contributed by atoms with van der Waals surface area (Å²) in [5.41, 5.74) is 1.33. The molecule has 0 aromatic heterocycles. The summed E-state index contributed by atoms with van der Waals surface area (Å²) in [6, 6.07) is 10.4. The maximum absolute atomic E-state index is 11.8. The highest BCUT2D eigenvalue weighted by molar-refractivity contribution is 5.75. The number of carbonyl (C=O) groups excluding carboxylic acids is 1. The van der Waals surface area contributed by atoms with Gasteiger partial charge in [-0.05, 0) is 37.2 Å². The van der Waals surface area contributed by atoms with Gasteiger partial charge in [0.05, 0.1) is 6.10 Å². The Morgan fingerprint density at radius 3 is 2.90 bits per heavy atom. The van der Waals surface area contributed by atoms with Crippen molar-refractivity contribution in [3.63, 3.8) is 0 Å². The summed E-state index contributed by atoms with van der Waals surface area (Å²) in [6.45, 7) is 3.81. The highest BCUT2D eigenvalue weighted by Crippen LogP contribution is 2.18. The van der Waals surface area contributed by atoms with E-state index in [0.717, 1.165) is 38.8 Å². The lowest BCUT2D eigenvalue weighted by atomic mass is 9.98. The lowest BCUT2D eigenvalue weighted by Gasteiger charge is -2.13. The molecule has 0 aliphatic carbocycles. The molecule has 3 heteroatoms. The summed E-state index contributed by atoms with van der Waals surface area (Å²) >= 11 is 0. The van der Waals surface area contributed by atoms with Gasteiger partial charge in [-0.25, -0.2) is 0 Å². The van der Waals surface area contributed by atoms with E-state index in [1.54, 1.807) is 0 Å². The van der Waals surface area contributed by atoms with Crippen LogP contribution in [0.25, 0.3) is 0 Å². The number of carbonyl (C=O) groups is 1. The molecule has 1 aromatic carbocycles. The largest absolute Gasteiger partial charge is 0.378 e. The van der Waals surface area contributed by atoms with E-state index in [-0.39, 0.29) is 5.91 Å². The van der Waals surface area contributed by atoms with Crippen molar-refractivity contribution in [3.8, 4) is 0 Å². The molecule has 1 heterocycles. The standard InChI is InChI=1S/C17H25NO2/c1-14(15-6-3-2-4-7-15)11-12-18-17(19)10-9-16-8-5-13-20-16/h2-4,6-7,14,16H,5,8-13H2,1H3,(H,18,19)/t14-,16+/m0/s1. The highest BCUT2D eigenvalue weighted by Gasteiger charge is 2.16. The molecule has 1 fully saturated rings. The monoisotopic (exact) mass is 275 g/mol. The maximum atomic E-state index is 11.8. The van der Waals surface area contributed by atoms with Gasteiger partial charge < -0.3 is 10.1 Å². The Labute approximate surface area is 121 Å². The smallest absolute Gasteiger partial charge is 0.220 e. The van der Waals surface area contributed by atoms with Crippen LogP contribution in [0.1, 0.15) is 50.5 Å². The van der Waals surface area contributed by atoms with Gasteiger partial charge in [0.25, 0.3) is 0 Å². The fourth-order valence-corrected chi connectivity index (χ4v) is 2.63. The minimum atomic E-state index is 0.153. The van der Waals surface area contributed by atoms with E-state index in [0.29, 0.717) is 18.4 Å². The molecule has 1 aromatic rings. The molecule has 0 radical (unpaired) electrons. The van der Waals surface area contributed by atoms with Crippen LogP contribution in [-0.2, 0) is 9.53 Å². The van der Waals surface area contributed by atoms with Crippen LogP contribution < -0.4 is 5.32 Å². The van der Waals surface area contributed by atoms with E-state index in [1.807, 2.05) is 6.07 Å². The third kappa shape index (κ3) is 4.97. The molecule has 3 nitrogen and oxygen atoms in total. The SMILES string of the molecule is C[C@@H](CCNC(=O)CC[C@H]1CCCO1)c1ccccc1. The van der Waals surface area contributed by atoms with Crippen molar-refractivity contribution < 1.29 is 9.53 Å². The van der Waals surface area contributed by atoms with Crippen LogP contribution in [0.4, 0.5) is 0 Å². The summed E-state index contributed by atoms with van der Waals surface area (Å²) in [7, 11) is 0. The second-order valence-electron chi connectivity index (χ2n) is 5.62. The molecule has 0 unspecified atom stereocenters. The summed E-state index contributed by atoms with van der Waals surface area (Å²) in [5, 5.41) is 3.01. The van der Waals surface area contributed by atoms with Crippen LogP contribution in [0.2, 0.25) is 0 Å². The Morgan fingerprint density at radius 1 is 1.40 bits per heavy atom. The minimum Gasteiger partial charge on any atom is -0.378 e. The Bertz CT molecular complexity index is 399. The van der Waals surface area contributed by atoms with E-state index in [9.17, 15) is 4.79 Å². The molecule has 1 aliphatic rings. The van der Waals surface area contributed by atoms with E-state index < -0.39 is 0 Å². The first-order chi connectivity index (χ1) is 9.75. The minimum absolute atomic E-state index is 0.153. The number of nitrogens with one attached hydrogen (secondary N) is 1. The fourth-order valence-electron chi connectivity index (χ4n) is 2.63. The third-order valence-corrected chi connectivity index (χ3v) is 3.99. The average molecular weight is 275 g/mol. The third-order valence-electron chi connectivity index (χ3n) is 3.99. The lowest BCUT2D eigenvalue weighted by molar-refractivity contribution is -0.121. The first-order valence-electron chi connectivity index (χ1n) is 7.69. The number of rotatable bonds is 7. The molecule has 1 aliphatic heterocycles. The van der Waals surface area contributed by atoms with Crippen LogP contribution in [0, 0.1) is 0 Å². The number of ether oxygens (including phenoxy) is 1. The van der Waals surface area contributed by atoms with Crippen LogP contribution >= 0.6 is 0 Å². The molecule has 0 bridgehead atoms. The van der Waals surface area contributed by atoms with Crippen molar-refractivity contribution in [1.82, 2.24) is 5.32 Å². The van der Waals surface area contributed by atoms with Gasteiger partial charge in [-0.3, -0.25) is 4.79 Å². The lowest BCUT2D eigenvalue weighted by Crippen LogP contribution is -2.26. The Balaban J connectivity index is 1.59. The predicted molar refractivity (Wildman–Crippen MR) is 80.7 cm³/mol. The van der Waals surface area contributed by atoms with Gasteiger partial charge in [-0.1, -0.05) is 37.3 Å². The highest BCUT2D eigenvalue weighted by atomic mass is 16.5. The zero-order chi connectivity index (χ0) is 14.2. The second kappa shape index (κ2) is 8.05. The summed E-state index contributed by atoms with van der Waals surface area (Å²) in [4.78, 5) is 11.8. The van der Waals surface area contributed by atoms with Gasteiger partial charge in [0.1, 0.15) is 0 Å². The summed E-state index contributed by atoms with van der Waals surface area (Å²) in [6.07, 6.45) is 4.99. The second-order valence-corrected chi connectivity index (χ2v) is 5.62. The van der Waals surface area contributed by atoms with Gasteiger partial charge in [0.2, 0.25) is 5.91 Å². The van der Waals surface area contributed by atoms with Crippen molar-refractivity contribution in [1.29, 1.82) is 0 Å². The van der Waals surface area contributed by atoms with E-state index in [4.69, 9.17) is 4.74 Å². The Hall–Kier alpha value is -1.35. The fraction of sp³-hybridized carbons (Fsp3) is 0.588. The molecule has 20 heavy (non-hydrogen) atoms. The predicted octanol–water partition coefficient (Wildman–Crippen LogP) is 3.26. The topological polar surface area (TPSA) is 38.3 Å². The normalized spacial score (nSPS) is 19.8. The van der Waals surface area contributed by atoms with Crippen LogP contribution in [0.5, 0.6) is 0 Å². The van der Waals surface area contributed by atoms with E-state index >= 15 is 0 Å². The molecular formula is C17H25NO2. The van der Waals surface area contributed by atoms with Crippen molar-refractivity contribution >= 4 is 5.91 Å². The molecule has 110 valence electrons. The van der Waals surface area contributed by atoms with Crippen LogP contribution in [-0.4, -0.2) is 25.2 Å². The van der Waals surface area contributed by atoms with Crippen molar-refractivity contribution in [2.75, 3.05) is 13.2 Å². The van der Waals surface area contributed by atoms with E-state index in [2.05, 4.69) is 36.5 Å². The van der Waals surface area contributed by atoms with Crippen LogP contribution in [0.15, 0.2) is 30.3 Å². The zero-order valence-corrected chi connectivity index (χ0v) is 12.3. The van der Waals surface area contributed by atoms with Gasteiger partial charge >= 0.3 is 0 Å². The molecule has 2 atom stereocenters.